The van der Waals surface area contributed by atoms with Crippen molar-refractivity contribution in [2.45, 2.75) is 32.4 Å². The topological polar surface area (TPSA) is 38.5 Å². The Labute approximate surface area is 132 Å². The van der Waals surface area contributed by atoms with Crippen LogP contribution in [0.3, 0.4) is 0 Å². The number of methoxy groups -OCH3 is 1. The summed E-state index contributed by atoms with van der Waals surface area (Å²) < 4.78 is 5.40. The fourth-order valence-corrected chi connectivity index (χ4v) is 2.97. The smallest absolute Gasteiger partial charge is 0.124 e. The second-order valence-electron chi connectivity index (χ2n) is 5.39. The highest BCUT2D eigenvalue weighted by Crippen LogP contribution is 2.29. The Morgan fingerprint density at radius 3 is 2.60 bits per heavy atom. The van der Waals surface area contributed by atoms with Gasteiger partial charge in [-0.15, -0.1) is 12.4 Å². The Bertz CT molecular complexity index is 418. The Kier molecular flexibility index (Phi) is 7.10. The van der Waals surface area contributed by atoms with E-state index in [0.29, 0.717) is 12.0 Å². The summed E-state index contributed by atoms with van der Waals surface area (Å²) in [5.74, 6) is 1.53. The van der Waals surface area contributed by atoms with Crippen molar-refractivity contribution in [2.24, 2.45) is 11.7 Å². The van der Waals surface area contributed by atoms with Gasteiger partial charge in [-0.2, -0.15) is 0 Å². The van der Waals surface area contributed by atoms with Crippen LogP contribution in [-0.2, 0) is 6.54 Å². The molecule has 0 aliphatic carbocycles. The molecule has 0 amide bonds. The first kappa shape index (κ1) is 17.6. The number of nitrogens with two attached hydrogens (primary N) is 1. The van der Waals surface area contributed by atoms with Crippen molar-refractivity contribution in [3.8, 4) is 5.75 Å². The Hall–Kier alpha value is -0.480. The van der Waals surface area contributed by atoms with Crippen LogP contribution >= 0.6 is 24.0 Å². The van der Waals surface area contributed by atoms with Crippen molar-refractivity contribution < 1.29 is 4.74 Å². The molecule has 1 unspecified atom stereocenters. The molecule has 5 heteroatoms. The van der Waals surface area contributed by atoms with E-state index in [1.807, 2.05) is 18.2 Å². The lowest BCUT2D eigenvalue weighted by atomic mass is 9.91. The third-order valence-corrected chi connectivity index (χ3v) is 4.41. The van der Waals surface area contributed by atoms with E-state index in [2.05, 4.69) is 11.8 Å². The number of rotatable bonds is 4. The maximum atomic E-state index is 6.28. The van der Waals surface area contributed by atoms with E-state index in [4.69, 9.17) is 22.1 Å². The number of ether oxygens (including phenoxy) is 1. The number of halogens is 2. The molecule has 0 bridgehead atoms. The van der Waals surface area contributed by atoms with Gasteiger partial charge in [0.1, 0.15) is 5.75 Å². The number of piperidine rings is 1. The van der Waals surface area contributed by atoms with Crippen LogP contribution in [0.25, 0.3) is 0 Å². The van der Waals surface area contributed by atoms with Crippen LogP contribution in [0.4, 0.5) is 0 Å². The molecule has 1 aromatic rings. The summed E-state index contributed by atoms with van der Waals surface area (Å²) in [7, 11) is 1.69. The molecule has 1 aliphatic rings. The van der Waals surface area contributed by atoms with Crippen LogP contribution in [0.2, 0.25) is 5.02 Å². The minimum absolute atomic E-state index is 0. The molecule has 114 valence electrons. The quantitative estimate of drug-likeness (QED) is 0.925. The molecular weight excluding hydrogens is 295 g/mol. The molecule has 1 heterocycles. The van der Waals surface area contributed by atoms with Crippen LogP contribution < -0.4 is 10.5 Å². The molecule has 1 saturated heterocycles. The van der Waals surface area contributed by atoms with E-state index < -0.39 is 0 Å². The molecule has 1 fully saturated rings. The van der Waals surface area contributed by atoms with E-state index in [1.54, 1.807) is 7.11 Å². The van der Waals surface area contributed by atoms with Crippen LogP contribution in [0.5, 0.6) is 5.75 Å². The Morgan fingerprint density at radius 2 is 2.05 bits per heavy atom. The van der Waals surface area contributed by atoms with E-state index in [1.165, 1.54) is 12.8 Å². The zero-order valence-electron chi connectivity index (χ0n) is 12.1. The van der Waals surface area contributed by atoms with E-state index >= 15 is 0 Å². The summed E-state index contributed by atoms with van der Waals surface area (Å²) in [5, 5.41) is 0.786. The van der Waals surface area contributed by atoms with Crippen LogP contribution in [0.1, 0.15) is 25.3 Å². The maximum Gasteiger partial charge on any atom is 0.124 e. The lowest BCUT2D eigenvalue weighted by Crippen LogP contribution is -2.39. The van der Waals surface area contributed by atoms with E-state index in [-0.39, 0.29) is 12.4 Å². The normalized spacial score (nSPS) is 18.4. The molecule has 2 N–H and O–H groups in total. The Balaban J connectivity index is 0.00000200. The van der Waals surface area contributed by atoms with Crippen LogP contribution in [0, 0.1) is 5.92 Å². The van der Waals surface area contributed by atoms with Crippen molar-refractivity contribution in [2.75, 3.05) is 20.2 Å². The second-order valence-corrected chi connectivity index (χ2v) is 5.80. The van der Waals surface area contributed by atoms with Crippen LogP contribution in [-0.4, -0.2) is 31.1 Å². The van der Waals surface area contributed by atoms with Gasteiger partial charge < -0.3 is 10.5 Å². The molecule has 0 radical (unpaired) electrons. The predicted octanol–water partition coefficient (Wildman–Crippen LogP) is 3.33. The van der Waals surface area contributed by atoms with Crippen molar-refractivity contribution in [3.63, 3.8) is 0 Å². The highest BCUT2D eigenvalue weighted by molar-refractivity contribution is 6.31. The monoisotopic (exact) mass is 318 g/mol. The van der Waals surface area contributed by atoms with Gasteiger partial charge in [0.15, 0.2) is 0 Å². The van der Waals surface area contributed by atoms with Crippen molar-refractivity contribution in [1.29, 1.82) is 0 Å². The molecule has 1 aliphatic heterocycles. The standard InChI is InChI=1S/C15H23ClN2O.ClH/c1-11(17)12-6-8-18(9-7-12)10-13-14(16)4-3-5-15(13)19-2;/h3-5,11-12H,6-10,17H2,1-2H3;1H. The first-order valence-corrected chi connectivity index (χ1v) is 7.29. The number of likely N-dealkylation sites (tertiary alicyclic amines) is 1. The van der Waals surface area contributed by atoms with Gasteiger partial charge in [-0.1, -0.05) is 17.7 Å². The number of benzene rings is 1. The largest absolute Gasteiger partial charge is 0.496 e. The minimum Gasteiger partial charge on any atom is -0.496 e. The third-order valence-electron chi connectivity index (χ3n) is 4.05. The molecule has 3 nitrogen and oxygen atoms in total. The summed E-state index contributed by atoms with van der Waals surface area (Å²) in [5.41, 5.74) is 7.06. The zero-order chi connectivity index (χ0) is 13.8. The van der Waals surface area contributed by atoms with E-state index in [9.17, 15) is 0 Å². The number of hydrogen-bond acceptors (Lipinski definition) is 3. The van der Waals surface area contributed by atoms with Gasteiger partial charge in [-0.3, -0.25) is 4.90 Å². The number of hydrogen-bond donors (Lipinski definition) is 1. The second kappa shape index (κ2) is 8.08. The molecule has 1 aromatic carbocycles. The summed E-state index contributed by atoms with van der Waals surface area (Å²) in [6.45, 7) is 5.13. The summed E-state index contributed by atoms with van der Waals surface area (Å²) in [6, 6.07) is 6.12. The highest BCUT2D eigenvalue weighted by Gasteiger charge is 2.23. The molecule has 1 atom stereocenters. The van der Waals surface area contributed by atoms with Crippen molar-refractivity contribution >= 4 is 24.0 Å². The third kappa shape index (κ3) is 4.26. The van der Waals surface area contributed by atoms with Gasteiger partial charge >= 0.3 is 0 Å². The summed E-state index contributed by atoms with van der Waals surface area (Å²) >= 11 is 6.28. The molecule has 20 heavy (non-hydrogen) atoms. The fraction of sp³-hybridized carbons (Fsp3) is 0.600. The molecule has 2 rings (SSSR count). The fourth-order valence-electron chi connectivity index (χ4n) is 2.74. The van der Waals surface area contributed by atoms with Gasteiger partial charge in [0.25, 0.3) is 0 Å². The first-order chi connectivity index (χ1) is 9.11. The highest BCUT2D eigenvalue weighted by atomic mass is 35.5. The predicted molar refractivity (Wildman–Crippen MR) is 86.9 cm³/mol. The molecule has 0 spiro atoms. The van der Waals surface area contributed by atoms with Gasteiger partial charge in [0.05, 0.1) is 7.11 Å². The Morgan fingerprint density at radius 1 is 1.40 bits per heavy atom. The summed E-state index contributed by atoms with van der Waals surface area (Å²) in [6.07, 6.45) is 2.34. The molecule has 0 saturated carbocycles. The van der Waals surface area contributed by atoms with Crippen molar-refractivity contribution in [1.82, 2.24) is 4.90 Å². The minimum atomic E-state index is 0. The molecular formula is C15H24Cl2N2O. The first-order valence-electron chi connectivity index (χ1n) is 6.91. The average molecular weight is 319 g/mol. The lowest BCUT2D eigenvalue weighted by Gasteiger charge is -2.34. The number of nitrogens with zero attached hydrogens (tertiary/aromatic N) is 1. The average Bonchev–Trinajstić information content (AvgIpc) is 2.41. The summed E-state index contributed by atoms with van der Waals surface area (Å²) in [4.78, 5) is 2.43. The maximum absolute atomic E-state index is 6.28. The zero-order valence-corrected chi connectivity index (χ0v) is 13.7. The van der Waals surface area contributed by atoms with Gasteiger partial charge in [-0.05, 0) is 50.9 Å². The lowest BCUT2D eigenvalue weighted by molar-refractivity contribution is 0.164. The SMILES string of the molecule is COc1cccc(Cl)c1CN1CCC(C(C)N)CC1.Cl. The molecule has 0 aromatic heterocycles. The van der Waals surface area contributed by atoms with Gasteiger partial charge in [0, 0.05) is 23.2 Å². The van der Waals surface area contributed by atoms with Crippen molar-refractivity contribution in [3.05, 3.63) is 28.8 Å². The van der Waals surface area contributed by atoms with E-state index in [0.717, 1.165) is 36.0 Å². The van der Waals surface area contributed by atoms with Gasteiger partial charge in [0.2, 0.25) is 0 Å². The van der Waals surface area contributed by atoms with Gasteiger partial charge in [-0.25, -0.2) is 0 Å². The van der Waals surface area contributed by atoms with Crippen LogP contribution in [0.15, 0.2) is 18.2 Å².